The normalized spacial score (nSPS) is 13.9. The number of allylic oxidation sites excluding steroid dienone is 1. The lowest BCUT2D eigenvalue weighted by Gasteiger charge is -2.23. The molecular formula is C23H6BF15. The van der Waals surface area contributed by atoms with Crippen molar-refractivity contribution in [3.63, 3.8) is 0 Å². The first-order valence-corrected chi connectivity index (χ1v) is 10.4. The monoisotopic (exact) mass is 578 g/mol. The Hall–Kier alpha value is -3.59. The molecule has 1 fully saturated rings. The Morgan fingerprint density at radius 3 is 0.949 bits per heavy atom. The fourth-order valence-corrected chi connectivity index (χ4v) is 3.91. The quantitative estimate of drug-likeness (QED) is 0.142. The van der Waals surface area contributed by atoms with Gasteiger partial charge in [0, 0.05) is 16.5 Å². The molecule has 3 aromatic carbocycles. The van der Waals surface area contributed by atoms with Gasteiger partial charge in [0.15, 0.2) is 81.4 Å². The van der Waals surface area contributed by atoms with Crippen molar-refractivity contribution < 1.29 is 65.9 Å². The Kier molecular flexibility index (Phi) is 7.19. The maximum Gasteiger partial charge on any atom is 0.257 e. The molecule has 39 heavy (non-hydrogen) atoms. The predicted molar refractivity (Wildman–Crippen MR) is 104 cm³/mol. The maximum atomic E-state index is 14.9. The van der Waals surface area contributed by atoms with Crippen molar-refractivity contribution in [3.8, 4) is 0 Å². The van der Waals surface area contributed by atoms with Crippen molar-refractivity contribution in [1.82, 2.24) is 0 Å². The zero-order valence-electron chi connectivity index (χ0n) is 18.3. The third-order valence-electron chi connectivity index (χ3n) is 5.91. The summed E-state index contributed by atoms with van der Waals surface area (Å²) in [4.78, 5) is 0. The molecule has 1 saturated carbocycles. The van der Waals surface area contributed by atoms with Crippen LogP contribution in [0.15, 0.2) is 6.08 Å². The molecule has 0 atom stereocenters. The first-order chi connectivity index (χ1) is 18.1. The van der Waals surface area contributed by atoms with Crippen LogP contribution in [0, 0.1) is 93.2 Å². The average Bonchev–Trinajstić information content (AvgIpc) is 3.73. The molecule has 0 aliphatic heterocycles. The smallest absolute Gasteiger partial charge is 0.204 e. The fourth-order valence-electron chi connectivity index (χ4n) is 3.91. The van der Waals surface area contributed by atoms with Crippen LogP contribution in [0.3, 0.4) is 0 Å². The van der Waals surface area contributed by atoms with Crippen molar-refractivity contribution in [1.29, 1.82) is 0 Å². The second kappa shape index (κ2) is 9.86. The van der Waals surface area contributed by atoms with Gasteiger partial charge in [-0.15, -0.1) is 0 Å². The topological polar surface area (TPSA) is 0 Å². The summed E-state index contributed by atoms with van der Waals surface area (Å²) in [7, 11) is 0. The molecule has 0 aromatic heterocycles. The van der Waals surface area contributed by atoms with E-state index in [-0.39, 0.29) is 12.8 Å². The highest BCUT2D eigenvalue weighted by Crippen LogP contribution is 2.38. The van der Waals surface area contributed by atoms with E-state index in [2.05, 4.69) is 0 Å². The minimum atomic E-state index is -3.52. The summed E-state index contributed by atoms with van der Waals surface area (Å²) in [6, 6.07) is 0. The molecule has 0 amide bonds. The minimum absolute atomic E-state index is 0.0137. The Morgan fingerprint density at radius 2 is 0.667 bits per heavy atom. The highest BCUT2D eigenvalue weighted by Gasteiger charge is 2.44. The van der Waals surface area contributed by atoms with E-state index in [1.165, 1.54) is 0 Å². The minimum Gasteiger partial charge on any atom is -0.204 e. The van der Waals surface area contributed by atoms with E-state index in [4.69, 9.17) is 0 Å². The van der Waals surface area contributed by atoms with Crippen molar-refractivity contribution in [3.05, 3.63) is 98.9 Å². The van der Waals surface area contributed by atoms with Gasteiger partial charge in [-0.25, -0.2) is 65.9 Å². The molecule has 0 heterocycles. The highest BCUT2D eigenvalue weighted by atomic mass is 19.2. The lowest BCUT2D eigenvalue weighted by Crippen LogP contribution is -2.52. The van der Waals surface area contributed by atoms with Crippen LogP contribution < -0.4 is 10.9 Å². The molecule has 3 aromatic rings. The third-order valence-corrected chi connectivity index (χ3v) is 5.91. The number of rotatable bonds is 5. The van der Waals surface area contributed by atoms with E-state index >= 15 is 0 Å². The van der Waals surface area contributed by atoms with Crippen molar-refractivity contribution in [2.45, 2.75) is 12.8 Å². The molecule has 206 valence electrons. The highest BCUT2D eigenvalue weighted by molar-refractivity contribution is 6.99. The zero-order chi connectivity index (χ0) is 29.2. The third kappa shape index (κ3) is 4.33. The number of hydrogen-bond donors (Lipinski definition) is 0. The van der Waals surface area contributed by atoms with E-state index in [0.717, 1.165) is 0 Å². The largest absolute Gasteiger partial charge is 0.257 e. The summed E-state index contributed by atoms with van der Waals surface area (Å²) in [5.74, 6) is -43.6. The summed E-state index contributed by atoms with van der Waals surface area (Å²) in [6.45, 7) is -3.52. The average molecular weight is 578 g/mol. The summed E-state index contributed by atoms with van der Waals surface area (Å²) >= 11 is 0. The zero-order valence-corrected chi connectivity index (χ0v) is 18.3. The van der Waals surface area contributed by atoms with Crippen LogP contribution in [0.25, 0.3) is 5.47 Å². The molecule has 1 aliphatic rings. The number of halogens is 15. The Bertz CT molecular complexity index is 1420. The van der Waals surface area contributed by atoms with Gasteiger partial charge in [0.1, 0.15) is 0 Å². The summed E-state index contributed by atoms with van der Waals surface area (Å²) in [6.07, 6.45) is 0.443. The second-order valence-corrected chi connectivity index (χ2v) is 8.30. The van der Waals surface area contributed by atoms with Gasteiger partial charge in [0.25, 0.3) is 6.71 Å². The van der Waals surface area contributed by atoms with Gasteiger partial charge in [-0.1, -0.05) is 11.5 Å². The van der Waals surface area contributed by atoms with Gasteiger partial charge >= 0.3 is 0 Å². The molecule has 0 spiro atoms. The van der Waals surface area contributed by atoms with Gasteiger partial charge in [0.2, 0.25) is 5.82 Å². The van der Waals surface area contributed by atoms with Crippen LogP contribution in [0.5, 0.6) is 0 Å². The Morgan fingerprint density at radius 1 is 0.410 bits per heavy atom. The van der Waals surface area contributed by atoms with E-state index in [1.807, 2.05) is 0 Å². The van der Waals surface area contributed by atoms with Gasteiger partial charge in [-0.05, 0) is 18.8 Å². The van der Waals surface area contributed by atoms with E-state index in [1.54, 1.807) is 0 Å². The van der Waals surface area contributed by atoms with E-state index in [9.17, 15) is 65.9 Å². The van der Waals surface area contributed by atoms with Gasteiger partial charge in [-0.3, -0.25) is 0 Å². The Labute approximate surface area is 207 Å². The van der Waals surface area contributed by atoms with Crippen molar-refractivity contribution >= 4 is 23.1 Å². The van der Waals surface area contributed by atoms with Crippen LogP contribution in [0.2, 0.25) is 0 Å². The van der Waals surface area contributed by atoms with Crippen molar-refractivity contribution in [2.24, 2.45) is 5.92 Å². The van der Waals surface area contributed by atoms with Crippen LogP contribution >= 0.6 is 0 Å². The molecule has 0 bridgehead atoms. The SMILES string of the molecule is Fc1c(F)c(F)c(B(/C(=C/C2CC2)c2c(F)c(F)c(F)c(F)c2F)c2c(F)c(F)c(F)c(F)c2F)c(F)c1F. The van der Waals surface area contributed by atoms with Gasteiger partial charge in [-0.2, -0.15) is 0 Å². The standard InChI is InChI=1S/C23H6BF15/c25-9-6(10(26)16(32)21(37)15(9)31)5(3-4-1-2-4)24(7-11(27)17(33)22(38)18(34)12(7)28)8-13(29)19(35)23(39)20(36)14(8)30/h3-4H,1-2H2/b5-3+. The first kappa shape index (κ1) is 28.4. The summed E-state index contributed by atoms with van der Waals surface area (Å²) in [5.41, 5.74) is -8.69. The van der Waals surface area contributed by atoms with Crippen LogP contribution in [0.1, 0.15) is 18.4 Å². The molecule has 0 radical (unpaired) electrons. The number of hydrogen-bond acceptors (Lipinski definition) is 0. The van der Waals surface area contributed by atoms with Crippen LogP contribution in [-0.4, -0.2) is 6.71 Å². The van der Waals surface area contributed by atoms with Crippen LogP contribution in [0.4, 0.5) is 65.9 Å². The molecule has 16 heteroatoms. The lowest BCUT2D eigenvalue weighted by molar-refractivity contribution is 0.376. The van der Waals surface area contributed by atoms with Gasteiger partial charge < -0.3 is 0 Å². The second-order valence-electron chi connectivity index (χ2n) is 8.30. The summed E-state index contributed by atoms with van der Waals surface area (Å²) < 4.78 is 215. The van der Waals surface area contributed by atoms with Crippen molar-refractivity contribution in [2.75, 3.05) is 0 Å². The first-order valence-electron chi connectivity index (χ1n) is 10.4. The van der Waals surface area contributed by atoms with Crippen LogP contribution in [-0.2, 0) is 0 Å². The van der Waals surface area contributed by atoms with E-state index in [0.29, 0.717) is 6.08 Å². The molecule has 0 nitrogen and oxygen atoms in total. The molecule has 4 rings (SSSR count). The van der Waals surface area contributed by atoms with Gasteiger partial charge in [0.05, 0.1) is 0 Å². The predicted octanol–water partition coefficient (Wildman–Crippen LogP) is 6.41. The lowest BCUT2D eigenvalue weighted by atomic mass is 9.34. The van der Waals surface area contributed by atoms with E-state index < -0.39 is 122 Å². The molecular weight excluding hydrogens is 572 g/mol. The molecule has 0 N–H and O–H groups in total. The molecule has 0 unspecified atom stereocenters. The maximum absolute atomic E-state index is 14.9. The molecule has 1 aliphatic carbocycles. The number of benzene rings is 3. The summed E-state index contributed by atoms with van der Waals surface area (Å²) in [5, 5.41) is 0. The Balaban J connectivity index is 2.27. The fraction of sp³-hybridized carbons (Fsp3) is 0.130. The molecule has 0 saturated heterocycles.